The monoisotopic (exact) mass is 260 g/mol. The maximum absolute atomic E-state index is 13.7. The molecule has 2 fully saturated rings. The second-order valence-electron chi connectivity index (χ2n) is 4.77. The average molecular weight is 260 g/mol. The average Bonchev–Trinajstić information content (AvgIpc) is 2.38. The van der Waals surface area contributed by atoms with Crippen LogP contribution >= 0.6 is 0 Å². The normalized spacial score (nSPS) is 37.6. The van der Waals surface area contributed by atoms with Gasteiger partial charge < -0.3 is 20.7 Å². The zero-order chi connectivity index (χ0) is 13.1. The van der Waals surface area contributed by atoms with Gasteiger partial charge in [-0.15, -0.1) is 0 Å². The van der Waals surface area contributed by atoms with Gasteiger partial charge in [0.2, 0.25) is 5.91 Å². The number of alkyl halides is 1. The van der Waals surface area contributed by atoms with E-state index in [1.54, 1.807) is 0 Å². The Kier molecular flexibility index (Phi) is 4.50. The molecule has 2 aliphatic rings. The number of halogens is 1. The van der Waals surface area contributed by atoms with Gasteiger partial charge in [-0.25, -0.2) is 4.39 Å². The molecular weight excluding hydrogens is 239 g/mol. The van der Waals surface area contributed by atoms with Gasteiger partial charge in [-0.1, -0.05) is 0 Å². The number of nitrogens with one attached hydrogen (secondary N) is 2. The van der Waals surface area contributed by atoms with E-state index in [1.807, 2.05) is 0 Å². The van der Waals surface area contributed by atoms with Crippen LogP contribution in [0.25, 0.3) is 0 Å². The van der Waals surface area contributed by atoms with Crippen LogP contribution in [0.2, 0.25) is 0 Å². The van der Waals surface area contributed by atoms with E-state index in [0.29, 0.717) is 19.5 Å². The molecule has 2 saturated heterocycles. The van der Waals surface area contributed by atoms with Gasteiger partial charge in [-0.05, 0) is 6.42 Å². The number of piperazine rings is 1. The molecule has 4 N–H and O–H groups in total. The maximum Gasteiger partial charge on any atom is 0.242 e. The van der Waals surface area contributed by atoms with Crippen molar-refractivity contribution in [1.29, 1.82) is 0 Å². The lowest BCUT2D eigenvalue weighted by Gasteiger charge is -2.38. The van der Waals surface area contributed by atoms with Crippen molar-refractivity contribution in [1.82, 2.24) is 15.5 Å². The van der Waals surface area contributed by atoms with Crippen molar-refractivity contribution in [3.8, 4) is 0 Å². The van der Waals surface area contributed by atoms with Crippen LogP contribution in [0.5, 0.6) is 0 Å². The number of nitrogens with zero attached hydrogens (tertiary/aromatic N) is 1. The summed E-state index contributed by atoms with van der Waals surface area (Å²) in [6.07, 6.45) is -1.41. The van der Waals surface area contributed by atoms with Crippen LogP contribution < -0.4 is 16.4 Å². The Balaban J connectivity index is 1.93. The van der Waals surface area contributed by atoms with Gasteiger partial charge in [-0.2, -0.15) is 0 Å². The maximum atomic E-state index is 13.7. The van der Waals surface area contributed by atoms with Crippen molar-refractivity contribution in [3.05, 3.63) is 0 Å². The zero-order valence-electron chi connectivity index (χ0n) is 10.6. The second-order valence-corrected chi connectivity index (χ2v) is 4.77. The Morgan fingerprint density at radius 2 is 2.17 bits per heavy atom. The molecule has 18 heavy (non-hydrogen) atoms. The minimum Gasteiger partial charge on any atom is -0.378 e. The number of piperidine rings is 1. The first kappa shape index (κ1) is 13.7. The number of amides is 1. The molecular formula is C11H21FN4O2. The van der Waals surface area contributed by atoms with E-state index in [0.717, 1.165) is 6.54 Å². The van der Waals surface area contributed by atoms with Crippen molar-refractivity contribution in [2.75, 3.05) is 33.3 Å². The predicted octanol–water partition coefficient (Wildman–Crippen LogP) is -1.58. The minimum absolute atomic E-state index is 0.0856. The van der Waals surface area contributed by atoms with Gasteiger partial charge in [0, 0.05) is 26.7 Å². The number of hydrogen-bond donors (Lipinski definition) is 3. The lowest BCUT2D eigenvalue weighted by molar-refractivity contribution is -0.139. The largest absolute Gasteiger partial charge is 0.378 e. The van der Waals surface area contributed by atoms with Crippen LogP contribution in [0.1, 0.15) is 6.42 Å². The molecule has 2 rings (SSSR count). The topological polar surface area (TPSA) is 79.6 Å². The Bertz CT molecular complexity index is 305. The lowest BCUT2D eigenvalue weighted by Crippen LogP contribution is -2.66. The highest BCUT2D eigenvalue weighted by atomic mass is 19.1. The fourth-order valence-electron chi connectivity index (χ4n) is 2.50. The second kappa shape index (κ2) is 5.92. The summed E-state index contributed by atoms with van der Waals surface area (Å²) in [6.45, 7) is 2.03. The zero-order valence-corrected chi connectivity index (χ0v) is 10.6. The number of likely N-dealkylation sites (tertiary alicyclic amines) is 1. The van der Waals surface area contributed by atoms with E-state index in [4.69, 9.17) is 10.5 Å². The third-order valence-corrected chi connectivity index (χ3v) is 3.59. The van der Waals surface area contributed by atoms with Crippen LogP contribution in [0, 0.1) is 0 Å². The summed E-state index contributed by atoms with van der Waals surface area (Å²) in [4.78, 5) is 13.8. The van der Waals surface area contributed by atoms with Gasteiger partial charge in [0.05, 0.1) is 18.8 Å². The third-order valence-electron chi connectivity index (χ3n) is 3.59. The molecule has 0 bridgehead atoms. The smallest absolute Gasteiger partial charge is 0.242 e. The minimum atomic E-state index is -1.12. The molecule has 0 aliphatic carbocycles. The number of carbonyl (C=O) groups is 1. The molecule has 0 aromatic carbocycles. The molecule has 4 atom stereocenters. The van der Waals surface area contributed by atoms with Crippen molar-refractivity contribution in [2.24, 2.45) is 5.73 Å². The highest BCUT2D eigenvalue weighted by Crippen LogP contribution is 2.17. The van der Waals surface area contributed by atoms with Crippen molar-refractivity contribution in [3.63, 3.8) is 0 Å². The number of carbonyl (C=O) groups excluding carboxylic acids is 1. The summed E-state index contributed by atoms with van der Waals surface area (Å²) >= 11 is 0. The van der Waals surface area contributed by atoms with E-state index in [9.17, 15) is 9.18 Å². The summed E-state index contributed by atoms with van der Waals surface area (Å²) in [5.41, 5.74) is 5.84. The number of ether oxygens (including phenoxy) is 1. The van der Waals surface area contributed by atoms with Crippen LogP contribution in [-0.2, 0) is 9.53 Å². The van der Waals surface area contributed by atoms with Crippen LogP contribution in [0.3, 0.4) is 0 Å². The Hall–Kier alpha value is -0.760. The van der Waals surface area contributed by atoms with Crippen molar-refractivity contribution < 1.29 is 13.9 Å². The number of nitrogens with two attached hydrogens (primary N) is 1. The molecule has 7 heteroatoms. The Labute approximate surface area is 106 Å². The molecule has 104 valence electrons. The van der Waals surface area contributed by atoms with E-state index in [1.165, 1.54) is 12.0 Å². The van der Waals surface area contributed by atoms with Gasteiger partial charge in [-0.3, -0.25) is 10.1 Å². The molecule has 6 nitrogen and oxygen atoms in total. The van der Waals surface area contributed by atoms with Crippen molar-refractivity contribution >= 4 is 5.91 Å². The highest BCUT2D eigenvalue weighted by molar-refractivity contribution is 5.83. The standard InChI is InChI=1S/C11H21FN4O2/c1-18-8-2-5-16(6-7(8)12)11(17)9-10(13)15-4-3-14-9/h7-10,14-15H,2-6,13H2,1H3/t7-,8+,9?,10?/m1/s1. The Morgan fingerprint density at radius 1 is 1.44 bits per heavy atom. The number of rotatable bonds is 2. The summed E-state index contributed by atoms with van der Waals surface area (Å²) < 4.78 is 18.8. The molecule has 0 radical (unpaired) electrons. The summed E-state index contributed by atoms with van der Waals surface area (Å²) in [5, 5.41) is 6.11. The van der Waals surface area contributed by atoms with Crippen LogP contribution in [0.4, 0.5) is 4.39 Å². The Morgan fingerprint density at radius 3 is 2.78 bits per heavy atom. The van der Waals surface area contributed by atoms with E-state index < -0.39 is 24.5 Å². The van der Waals surface area contributed by atoms with Gasteiger partial charge in [0.15, 0.2) is 0 Å². The molecule has 2 aliphatic heterocycles. The quantitative estimate of drug-likeness (QED) is 0.558. The van der Waals surface area contributed by atoms with E-state index >= 15 is 0 Å². The number of methoxy groups -OCH3 is 1. The fourth-order valence-corrected chi connectivity index (χ4v) is 2.50. The van der Waals surface area contributed by atoms with Crippen molar-refractivity contribution in [2.45, 2.75) is 30.9 Å². The first-order chi connectivity index (χ1) is 8.63. The molecule has 1 amide bonds. The number of hydrogen-bond acceptors (Lipinski definition) is 5. The molecule has 0 aromatic rings. The molecule has 0 spiro atoms. The van der Waals surface area contributed by atoms with Crippen LogP contribution in [0.15, 0.2) is 0 Å². The fraction of sp³-hybridized carbons (Fsp3) is 0.909. The molecule has 2 heterocycles. The molecule has 2 unspecified atom stereocenters. The predicted molar refractivity (Wildman–Crippen MR) is 64.7 cm³/mol. The third kappa shape index (κ3) is 2.80. The summed E-state index contributed by atoms with van der Waals surface area (Å²) in [6, 6.07) is -0.468. The highest BCUT2D eigenvalue weighted by Gasteiger charge is 2.36. The van der Waals surface area contributed by atoms with E-state index in [-0.39, 0.29) is 12.5 Å². The summed E-state index contributed by atoms with van der Waals surface area (Å²) in [5.74, 6) is -0.132. The first-order valence-corrected chi connectivity index (χ1v) is 6.31. The molecule has 0 aromatic heterocycles. The van der Waals surface area contributed by atoms with Crippen LogP contribution in [-0.4, -0.2) is 68.6 Å². The lowest BCUT2D eigenvalue weighted by atomic mass is 10.0. The SMILES string of the molecule is CO[C@H]1CCN(C(=O)C2NCCNC2N)C[C@H]1F. The van der Waals surface area contributed by atoms with Gasteiger partial charge in [0.25, 0.3) is 0 Å². The molecule has 0 saturated carbocycles. The van der Waals surface area contributed by atoms with Gasteiger partial charge in [0.1, 0.15) is 12.2 Å². The summed E-state index contributed by atoms with van der Waals surface area (Å²) in [7, 11) is 1.50. The van der Waals surface area contributed by atoms with E-state index in [2.05, 4.69) is 10.6 Å². The van der Waals surface area contributed by atoms with Gasteiger partial charge >= 0.3 is 0 Å². The first-order valence-electron chi connectivity index (χ1n) is 6.31.